The number of aromatic nitrogens is 2. The smallest absolute Gasteiger partial charge is 0.224 e. The van der Waals surface area contributed by atoms with E-state index in [-0.39, 0.29) is 5.95 Å². The quantitative estimate of drug-likeness (QED) is 0.854. The fourth-order valence-corrected chi connectivity index (χ4v) is 1.36. The van der Waals surface area contributed by atoms with Crippen molar-refractivity contribution in [2.24, 2.45) is 0 Å². The first-order valence-corrected chi connectivity index (χ1v) is 5.13. The Labute approximate surface area is 94.1 Å². The molecule has 2 rings (SSSR count). The number of nitrogen functional groups attached to an aromatic ring is 1. The van der Waals surface area contributed by atoms with Crippen molar-refractivity contribution in [2.45, 2.75) is 13.3 Å². The molecular formula is C12H13N3O. The molecule has 0 saturated carbocycles. The van der Waals surface area contributed by atoms with Crippen molar-refractivity contribution in [3.8, 4) is 11.6 Å². The average Bonchev–Trinajstić information content (AvgIpc) is 2.29. The van der Waals surface area contributed by atoms with Crippen molar-refractivity contribution in [1.82, 2.24) is 9.97 Å². The van der Waals surface area contributed by atoms with Gasteiger partial charge in [-0.3, -0.25) is 0 Å². The van der Waals surface area contributed by atoms with Crippen molar-refractivity contribution >= 4 is 5.95 Å². The molecule has 2 aromatic rings. The van der Waals surface area contributed by atoms with Gasteiger partial charge in [-0.15, -0.1) is 0 Å². The summed E-state index contributed by atoms with van der Waals surface area (Å²) in [4.78, 5) is 7.77. The monoisotopic (exact) mass is 215 g/mol. The summed E-state index contributed by atoms with van der Waals surface area (Å²) < 4.78 is 5.57. The molecule has 1 aromatic carbocycles. The van der Waals surface area contributed by atoms with Gasteiger partial charge in [0.2, 0.25) is 11.8 Å². The van der Waals surface area contributed by atoms with Crippen LogP contribution in [0.3, 0.4) is 0 Å². The lowest BCUT2D eigenvalue weighted by molar-refractivity contribution is 0.462. The minimum Gasteiger partial charge on any atom is -0.439 e. The summed E-state index contributed by atoms with van der Waals surface area (Å²) in [6.45, 7) is 2.10. The third-order valence-corrected chi connectivity index (χ3v) is 2.18. The van der Waals surface area contributed by atoms with Gasteiger partial charge in [0.25, 0.3) is 0 Å². The molecule has 0 aliphatic carbocycles. The topological polar surface area (TPSA) is 61.0 Å². The van der Waals surface area contributed by atoms with E-state index in [9.17, 15) is 0 Å². The summed E-state index contributed by atoms with van der Waals surface area (Å²) in [5.74, 6) is 1.43. The zero-order valence-corrected chi connectivity index (χ0v) is 9.05. The molecule has 0 atom stereocenters. The van der Waals surface area contributed by atoms with E-state index in [4.69, 9.17) is 10.5 Å². The highest BCUT2D eigenvalue weighted by molar-refractivity contribution is 5.32. The zero-order valence-electron chi connectivity index (χ0n) is 9.05. The summed E-state index contributed by atoms with van der Waals surface area (Å²) >= 11 is 0. The van der Waals surface area contributed by atoms with Crippen LogP contribution < -0.4 is 10.5 Å². The Bertz CT molecular complexity index is 485. The van der Waals surface area contributed by atoms with Crippen LogP contribution in [0.4, 0.5) is 5.95 Å². The van der Waals surface area contributed by atoms with Gasteiger partial charge in [0.1, 0.15) is 5.75 Å². The third-order valence-electron chi connectivity index (χ3n) is 2.18. The van der Waals surface area contributed by atoms with Crippen LogP contribution in [0.1, 0.15) is 12.5 Å². The summed E-state index contributed by atoms with van der Waals surface area (Å²) in [6.07, 6.45) is 2.55. The molecule has 1 heterocycles. The molecule has 0 aliphatic heterocycles. The number of hydrogen-bond acceptors (Lipinski definition) is 4. The molecule has 0 amide bonds. The maximum absolute atomic E-state index is 5.57. The molecule has 0 radical (unpaired) electrons. The lowest BCUT2D eigenvalue weighted by atomic mass is 10.2. The molecule has 16 heavy (non-hydrogen) atoms. The maximum Gasteiger partial charge on any atom is 0.224 e. The first-order valence-electron chi connectivity index (χ1n) is 5.13. The van der Waals surface area contributed by atoms with E-state index in [1.807, 2.05) is 18.2 Å². The van der Waals surface area contributed by atoms with E-state index in [0.29, 0.717) is 5.88 Å². The Balaban J connectivity index is 2.20. The van der Waals surface area contributed by atoms with Crippen molar-refractivity contribution in [2.75, 3.05) is 5.73 Å². The number of anilines is 1. The van der Waals surface area contributed by atoms with E-state index in [1.54, 1.807) is 12.3 Å². The molecule has 4 nitrogen and oxygen atoms in total. The SMILES string of the molecule is CCc1cccc(Oc2ccnc(N)n2)c1. The van der Waals surface area contributed by atoms with Crippen LogP contribution in [-0.2, 0) is 6.42 Å². The first-order chi connectivity index (χ1) is 7.78. The Morgan fingerprint density at radius 1 is 1.31 bits per heavy atom. The molecule has 82 valence electrons. The second-order valence-electron chi connectivity index (χ2n) is 3.36. The summed E-state index contributed by atoms with van der Waals surface area (Å²) in [5.41, 5.74) is 6.69. The molecule has 1 aromatic heterocycles. The minimum absolute atomic E-state index is 0.212. The van der Waals surface area contributed by atoms with Crippen LogP contribution >= 0.6 is 0 Å². The zero-order chi connectivity index (χ0) is 11.4. The van der Waals surface area contributed by atoms with E-state index in [1.165, 1.54) is 5.56 Å². The standard InChI is InChI=1S/C12H13N3O/c1-2-9-4-3-5-10(8-9)16-11-6-7-14-12(13)15-11/h3-8H,2H2,1H3,(H2,13,14,15). The highest BCUT2D eigenvalue weighted by atomic mass is 16.5. The van der Waals surface area contributed by atoms with E-state index in [2.05, 4.69) is 23.0 Å². The minimum atomic E-state index is 0.212. The highest BCUT2D eigenvalue weighted by Gasteiger charge is 2.00. The highest BCUT2D eigenvalue weighted by Crippen LogP contribution is 2.20. The maximum atomic E-state index is 5.57. The Kier molecular flexibility index (Phi) is 3.00. The Morgan fingerprint density at radius 2 is 2.19 bits per heavy atom. The molecule has 0 bridgehead atoms. The second-order valence-corrected chi connectivity index (χ2v) is 3.36. The van der Waals surface area contributed by atoms with Crippen LogP contribution in [-0.4, -0.2) is 9.97 Å². The molecule has 0 unspecified atom stereocenters. The van der Waals surface area contributed by atoms with E-state index >= 15 is 0 Å². The van der Waals surface area contributed by atoms with Crippen LogP contribution in [0.25, 0.3) is 0 Å². The number of hydrogen-bond donors (Lipinski definition) is 1. The van der Waals surface area contributed by atoms with Gasteiger partial charge in [-0.2, -0.15) is 4.98 Å². The van der Waals surface area contributed by atoms with Crippen LogP contribution in [0.2, 0.25) is 0 Å². The van der Waals surface area contributed by atoms with Gasteiger partial charge in [0, 0.05) is 12.3 Å². The van der Waals surface area contributed by atoms with Crippen LogP contribution in [0.15, 0.2) is 36.5 Å². The Morgan fingerprint density at radius 3 is 2.94 bits per heavy atom. The van der Waals surface area contributed by atoms with Crippen molar-refractivity contribution < 1.29 is 4.74 Å². The summed E-state index contributed by atoms with van der Waals surface area (Å²) in [5, 5.41) is 0. The van der Waals surface area contributed by atoms with E-state index < -0.39 is 0 Å². The number of benzene rings is 1. The molecule has 0 spiro atoms. The lowest BCUT2D eigenvalue weighted by Crippen LogP contribution is -1.96. The number of rotatable bonds is 3. The lowest BCUT2D eigenvalue weighted by Gasteiger charge is -2.05. The number of nitrogens with two attached hydrogens (primary N) is 1. The fraction of sp³-hybridized carbons (Fsp3) is 0.167. The van der Waals surface area contributed by atoms with Crippen molar-refractivity contribution in [3.05, 3.63) is 42.1 Å². The van der Waals surface area contributed by atoms with E-state index in [0.717, 1.165) is 12.2 Å². The fourth-order valence-electron chi connectivity index (χ4n) is 1.36. The molecule has 4 heteroatoms. The number of nitrogens with zero attached hydrogens (tertiary/aromatic N) is 2. The number of aryl methyl sites for hydroxylation is 1. The summed E-state index contributed by atoms with van der Waals surface area (Å²) in [6, 6.07) is 9.56. The predicted molar refractivity (Wildman–Crippen MR) is 62.3 cm³/mol. The molecular weight excluding hydrogens is 202 g/mol. The molecule has 0 aliphatic rings. The predicted octanol–water partition coefficient (Wildman–Crippen LogP) is 2.41. The molecule has 0 fully saturated rings. The second kappa shape index (κ2) is 4.61. The molecule has 0 saturated heterocycles. The van der Waals surface area contributed by atoms with Gasteiger partial charge < -0.3 is 10.5 Å². The average molecular weight is 215 g/mol. The van der Waals surface area contributed by atoms with Gasteiger partial charge >= 0.3 is 0 Å². The van der Waals surface area contributed by atoms with Crippen LogP contribution in [0.5, 0.6) is 11.6 Å². The van der Waals surface area contributed by atoms with Crippen LogP contribution in [0, 0.1) is 0 Å². The van der Waals surface area contributed by atoms with Gasteiger partial charge in [0.05, 0.1) is 0 Å². The van der Waals surface area contributed by atoms with Gasteiger partial charge in [0.15, 0.2) is 0 Å². The van der Waals surface area contributed by atoms with Crippen molar-refractivity contribution in [1.29, 1.82) is 0 Å². The van der Waals surface area contributed by atoms with Gasteiger partial charge in [-0.05, 0) is 24.1 Å². The third kappa shape index (κ3) is 2.48. The first kappa shape index (κ1) is 10.4. The normalized spacial score (nSPS) is 10.1. The van der Waals surface area contributed by atoms with Gasteiger partial charge in [-0.1, -0.05) is 19.1 Å². The Hall–Kier alpha value is -2.10. The largest absolute Gasteiger partial charge is 0.439 e. The van der Waals surface area contributed by atoms with Gasteiger partial charge in [-0.25, -0.2) is 4.98 Å². The molecule has 2 N–H and O–H groups in total. The summed E-state index contributed by atoms with van der Waals surface area (Å²) in [7, 11) is 0. The van der Waals surface area contributed by atoms with Crippen molar-refractivity contribution in [3.63, 3.8) is 0 Å². The number of ether oxygens (including phenoxy) is 1.